The molecular weight excluding hydrogens is 224 g/mol. The summed E-state index contributed by atoms with van der Waals surface area (Å²) in [6.07, 6.45) is 2.58. The van der Waals surface area contributed by atoms with Crippen LogP contribution in [0.2, 0.25) is 5.02 Å². The van der Waals surface area contributed by atoms with Gasteiger partial charge < -0.3 is 5.11 Å². The summed E-state index contributed by atoms with van der Waals surface area (Å²) < 4.78 is 0. The third-order valence-corrected chi connectivity index (χ3v) is 3.51. The van der Waals surface area contributed by atoms with Crippen molar-refractivity contribution in [3.05, 3.63) is 39.9 Å². The fourth-order valence-electron chi connectivity index (χ4n) is 1.87. The molecule has 2 rings (SSSR count). The SMILES string of the molecule is CC(C)(C(=O)O)C1=Cc2c(Cl)cccc2C1. The van der Waals surface area contributed by atoms with E-state index in [1.807, 2.05) is 24.3 Å². The summed E-state index contributed by atoms with van der Waals surface area (Å²) in [4.78, 5) is 11.2. The monoisotopic (exact) mass is 236 g/mol. The van der Waals surface area contributed by atoms with Gasteiger partial charge in [-0.3, -0.25) is 4.79 Å². The van der Waals surface area contributed by atoms with Crippen molar-refractivity contribution in [1.29, 1.82) is 0 Å². The van der Waals surface area contributed by atoms with Gasteiger partial charge in [0.15, 0.2) is 0 Å². The molecule has 0 aromatic heterocycles. The average Bonchev–Trinajstić information content (AvgIpc) is 2.63. The highest BCUT2D eigenvalue weighted by Gasteiger charge is 2.34. The lowest BCUT2D eigenvalue weighted by Crippen LogP contribution is -2.26. The van der Waals surface area contributed by atoms with Gasteiger partial charge in [-0.15, -0.1) is 0 Å². The van der Waals surface area contributed by atoms with Gasteiger partial charge in [0.05, 0.1) is 5.41 Å². The van der Waals surface area contributed by atoms with Crippen molar-refractivity contribution in [2.24, 2.45) is 5.41 Å². The molecule has 16 heavy (non-hydrogen) atoms. The first kappa shape index (κ1) is 11.2. The van der Waals surface area contributed by atoms with E-state index in [4.69, 9.17) is 11.6 Å². The second-order valence-electron chi connectivity index (χ2n) is 4.59. The molecule has 0 spiro atoms. The number of halogens is 1. The minimum absolute atomic E-state index is 0.676. The summed E-state index contributed by atoms with van der Waals surface area (Å²) in [5, 5.41) is 9.86. The smallest absolute Gasteiger partial charge is 0.313 e. The topological polar surface area (TPSA) is 37.3 Å². The van der Waals surface area contributed by atoms with Crippen molar-refractivity contribution in [3.63, 3.8) is 0 Å². The maximum Gasteiger partial charge on any atom is 0.313 e. The minimum Gasteiger partial charge on any atom is -0.481 e. The molecule has 0 fully saturated rings. The maximum absolute atomic E-state index is 11.2. The van der Waals surface area contributed by atoms with Gasteiger partial charge in [0, 0.05) is 5.02 Å². The van der Waals surface area contributed by atoms with Crippen LogP contribution in [0.1, 0.15) is 25.0 Å². The molecule has 0 unspecified atom stereocenters. The van der Waals surface area contributed by atoms with Gasteiger partial charge in [-0.25, -0.2) is 0 Å². The first-order chi connectivity index (χ1) is 7.43. The summed E-state index contributed by atoms with van der Waals surface area (Å²) in [5.74, 6) is -0.803. The predicted octanol–water partition coefficient (Wildman–Crippen LogP) is 3.39. The summed E-state index contributed by atoms with van der Waals surface area (Å²) in [5.41, 5.74) is 2.15. The summed E-state index contributed by atoms with van der Waals surface area (Å²) in [6, 6.07) is 5.71. The molecule has 1 N–H and O–H groups in total. The van der Waals surface area contributed by atoms with Crippen LogP contribution in [0.5, 0.6) is 0 Å². The van der Waals surface area contributed by atoms with Gasteiger partial charge in [0.1, 0.15) is 0 Å². The zero-order valence-corrected chi connectivity index (χ0v) is 10.0. The highest BCUT2D eigenvalue weighted by molar-refractivity contribution is 6.32. The number of hydrogen-bond acceptors (Lipinski definition) is 1. The third-order valence-electron chi connectivity index (χ3n) is 3.18. The molecule has 0 saturated heterocycles. The van der Waals surface area contributed by atoms with Gasteiger partial charge in [0.25, 0.3) is 0 Å². The number of aliphatic carboxylic acids is 1. The number of rotatable bonds is 2. The number of fused-ring (bicyclic) bond motifs is 1. The Morgan fingerprint density at radius 3 is 2.69 bits per heavy atom. The first-order valence-corrected chi connectivity index (χ1v) is 5.52. The summed E-state index contributed by atoms with van der Waals surface area (Å²) in [7, 11) is 0. The van der Waals surface area contributed by atoms with E-state index >= 15 is 0 Å². The Morgan fingerprint density at radius 2 is 2.12 bits per heavy atom. The Kier molecular flexibility index (Phi) is 2.55. The molecule has 1 aliphatic carbocycles. The number of carboxylic acids is 1. The lowest BCUT2D eigenvalue weighted by Gasteiger charge is -2.20. The number of carbonyl (C=O) groups is 1. The van der Waals surface area contributed by atoms with Crippen molar-refractivity contribution in [1.82, 2.24) is 0 Å². The van der Waals surface area contributed by atoms with Crippen LogP contribution in [-0.4, -0.2) is 11.1 Å². The Bertz CT molecular complexity index is 487. The molecule has 0 heterocycles. The molecule has 0 amide bonds. The fourth-order valence-corrected chi connectivity index (χ4v) is 2.12. The van der Waals surface area contributed by atoms with Crippen LogP contribution < -0.4 is 0 Å². The molecule has 1 aliphatic rings. The quantitative estimate of drug-likeness (QED) is 0.855. The predicted molar refractivity (Wildman–Crippen MR) is 64.5 cm³/mol. The van der Waals surface area contributed by atoms with Crippen LogP contribution >= 0.6 is 11.6 Å². The van der Waals surface area contributed by atoms with E-state index in [0.717, 1.165) is 16.7 Å². The molecule has 0 radical (unpaired) electrons. The number of benzene rings is 1. The van der Waals surface area contributed by atoms with E-state index in [1.54, 1.807) is 13.8 Å². The van der Waals surface area contributed by atoms with Crippen molar-refractivity contribution >= 4 is 23.6 Å². The molecule has 1 aromatic carbocycles. The Hall–Kier alpha value is -1.28. The van der Waals surface area contributed by atoms with Crippen LogP contribution in [0.15, 0.2) is 23.8 Å². The largest absolute Gasteiger partial charge is 0.481 e. The molecule has 0 bridgehead atoms. The van der Waals surface area contributed by atoms with Crippen molar-refractivity contribution in [3.8, 4) is 0 Å². The van der Waals surface area contributed by atoms with Gasteiger partial charge in [-0.1, -0.05) is 29.8 Å². The second-order valence-corrected chi connectivity index (χ2v) is 5.00. The van der Waals surface area contributed by atoms with Crippen LogP contribution in [0.4, 0.5) is 0 Å². The average molecular weight is 237 g/mol. The van der Waals surface area contributed by atoms with Gasteiger partial charge in [-0.2, -0.15) is 0 Å². The standard InChI is InChI=1S/C13H13ClO2/c1-13(2,12(15)16)9-6-8-4-3-5-11(14)10(8)7-9/h3-5,7H,6H2,1-2H3,(H,15,16). The third kappa shape index (κ3) is 1.63. The Morgan fingerprint density at radius 1 is 1.44 bits per heavy atom. The van der Waals surface area contributed by atoms with Crippen molar-refractivity contribution in [2.45, 2.75) is 20.3 Å². The number of hydrogen-bond donors (Lipinski definition) is 1. The van der Waals surface area contributed by atoms with E-state index in [0.29, 0.717) is 11.4 Å². The highest BCUT2D eigenvalue weighted by atomic mass is 35.5. The molecular formula is C13H13ClO2. The van der Waals surface area contributed by atoms with Crippen LogP contribution in [-0.2, 0) is 11.2 Å². The number of carboxylic acid groups (broad SMARTS) is 1. The fraction of sp³-hybridized carbons (Fsp3) is 0.308. The van der Waals surface area contributed by atoms with E-state index in [-0.39, 0.29) is 0 Å². The van der Waals surface area contributed by atoms with E-state index in [2.05, 4.69) is 0 Å². The van der Waals surface area contributed by atoms with Gasteiger partial charge in [-0.05, 0) is 43.0 Å². The van der Waals surface area contributed by atoms with E-state index in [1.165, 1.54) is 0 Å². The normalized spacial score (nSPS) is 14.6. The zero-order valence-electron chi connectivity index (χ0n) is 9.25. The molecule has 2 nitrogen and oxygen atoms in total. The second kappa shape index (κ2) is 3.63. The molecule has 1 aromatic rings. The van der Waals surface area contributed by atoms with Crippen molar-refractivity contribution in [2.75, 3.05) is 0 Å². The molecule has 0 aliphatic heterocycles. The molecule has 0 saturated carbocycles. The molecule has 3 heteroatoms. The van der Waals surface area contributed by atoms with Gasteiger partial charge >= 0.3 is 5.97 Å². The van der Waals surface area contributed by atoms with Crippen LogP contribution in [0.3, 0.4) is 0 Å². The lowest BCUT2D eigenvalue weighted by molar-refractivity contribution is -0.144. The van der Waals surface area contributed by atoms with Crippen LogP contribution in [0, 0.1) is 5.41 Å². The maximum atomic E-state index is 11.2. The Labute approximate surface area is 99.5 Å². The highest BCUT2D eigenvalue weighted by Crippen LogP contribution is 2.39. The molecule has 84 valence electrons. The van der Waals surface area contributed by atoms with Gasteiger partial charge in [0.2, 0.25) is 0 Å². The first-order valence-electron chi connectivity index (χ1n) is 5.15. The van der Waals surface area contributed by atoms with Crippen molar-refractivity contribution < 1.29 is 9.90 Å². The summed E-state index contributed by atoms with van der Waals surface area (Å²) in [6.45, 7) is 3.45. The van der Waals surface area contributed by atoms with Crippen LogP contribution in [0.25, 0.3) is 6.08 Å². The zero-order chi connectivity index (χ0) is 11.9. The summed E-state index contributed by atoms with van der Waals surface area (Å²) >= 11 is 6.07. The van der Waals surface area contributed by atoms with E-state index < -0.39 is 11.4 Å². The minimum atomic E-state index is -0.831. The molecule has 0 atom stereocenters. The van der Waals surface area contributed by atoms with E-state index in [9.17, 15) is 9.90 Å². The lowest BCUT2D eigenvalue weighted by atomic mass is 9.83. The Balaban J connectivity index is 2.43.